The molecule has 0 saturated heterocycles. The van der Waals surface area contributed by atoms with Crippen LogP contribution in [0.3, 0.4) is 0 Å². The Hall–Kier alpha value is -2.11. The summed E-state index contributed by atoms with van der Waals surface area (Å²) in [5, 5.41) is 14.1. The average molecular weight is 296 g/mol. The lowest BCUT2D eigenvalue weighted by molar-refractivity contribution is -0.142. The van der Waals surface area contributed by atoms with E-state index in [-0.39, 0.29) is 24.8 Å². The van der Waals surface area contributed by atoms with Crippen LogP contribution in [-0.4, -0.2) is 23.7 Å². The third kappa shape index (κ3) is 6.25. The van der Waals surface area contributed by atoms with Gasteiger partial charge in [-0.2, -0.15) is 0 Å². The Morgan fingerprint density at radius 1 is 1.24 bits per heavy atom. The molecule has 1 rings (SSSR count). The maximum absolute atomic E-state index is 13.4. The molecule has 21 heavy (non-hydrogen) atoms. The van der Waals surface area contributed by atoms with Crippen LogP contribution in [0.25, 0.3) is 0 Å². The van der Waals surface area contributed by atoms with Crippen molar-refractivity contribution in [1.29, 1.82) is 0 Å². The Balaban J connectivity index is 2.39. The van der Waals surface area contributed by atoms with Gasteiger partial charge in [-0.15, -0.1) is 0 Å². The maximum atomic E-state index is 13.4. The van der Waals surface area contributed by atoms with Crippen molar-refractivity contribution in [1.82, 2.24) is 10.6 Å². The smallest absolute Gasteiger partial charge is 0.315 e. The van der Waals surface area contributed by atoms with E-state index in [9.17, 15) is 14.0 Å². The summed E-state index contributed by atoms with van der Waals surface area (Å²) in [5.41, 5.74) is 0.379. The second kappa shape index (κ2) is 8.24. The summed E-state index contributed by atoms with van der Waals surface area (Å²) in [4.78, 5) is 22.7. The largest absolute Gasteiger partial charge is 0.481 e. The van der Waals surface area contributed by atoms with Crippen LogP contribution < -0.4 is 10.6 Å². The number of halogens is 1. The molecule has 0 bridgehead atoms. The average Bonchev–Trinajstić information content (AvgIpc) is 2.41. The molecule has 6 heteroatoms. The molecule has 1 unspecified atom stereocenters. The molecule has 1 aromatic rings. The highest BCUT2D eigenvalue weighted by molar-refractivity contribution is 5.75. The standard InChI is InChI=1S/C15H21FN2O3/c1-10(2)7-12(14(19)20)9-18-15(21)17-8-11-5-3-4-6-13(11)16/h3-6,10,12H,7-9H2,1-2H3,(H,19,20)(H2,17,18,21). The number of carboxylic acids is 1. The van der Waals surface area contributed by atoms with E-state index in [0.717, 1.165) is 0 Å². The first-order valence-electron chi connectivity index (χ1n) is 6.88. The highest BCUT2D eigenvalue weighted by atomic mass is 19.1. The molecule has 0 aliphatic heterocycles. The van der Waals surface area contributed by atoms with Crippen molar-refractivity contribution in [2.75, 3.05) is 6.54 Å². The van der Waals surface area contributed by atoms with Gasteiger partial charge in [-0.1, -0.05) is 32.0 Å². The van der Waals surface area contributed by atoms with Crippen molar-refractivity contribution in [3.63, 3.8) is 0 Å². The molecule has 116 valence electrons. The number of rotatable bonds is 7. The molecule has 5 nitrogen and oxygen atoms in total. The molecule has 3 N–H and O–H groups in total. The first kappa shape index (κ1) is 16.9. The highest BCUT2D eigenvalue weighted by Gasteiger charge is 2.19. The lowest BCUT2D eigenvalue weighted by Gasteiger charge is -2.15. The summed E-state index contributed by atoms with van der Waals surface area (Å²) in [6.07, 6.45) is 0.489. The number of amides is 2. The topological polar surface area (TPSA) is 78.4 Å². The quantitative estimate of drug-likeness (QED) is 0.723. The van der Waals surface area contributed by atoms with Crippen LogP contribution in [0.15, 0.2) is 24.3 Å². The van der Waals surface area contributed by atoms with Crippen molar-refractivity contribution in [2.24, 2.45) is 11.8 Å². The van der Waals surface area contributed by atoms with Crippen LogP contribution in [0, 0.1) is 17.7 Å². The minimum absolute atomic E-state index is 0.0522. The van der Waals surface area contributed by atoms with E-state index in [1.807, 2.05) is 13.8 Å². The fourth-order valence-corrected chi connectivity index (χ4v) is 1.94. The molecule has 0 heterocycles. The van der Waals surface area contributed by atoms with Crippen molar-refractivity contribution >= 4 is 12.0 Å². The van der Waals surface area contributed by atoms with Gasteiger partial charge in [0.05, 0.1) is 5.92 Å². The number of hydrogen-bond donors (Lipinski definition) is 3. The zero-order chi connectivity index (χ0) is 15.8. The van der Waals surface area contributed by atoms with Crippen molar-refractivity contribution in [3.8, 4) is 0 Å². The lowest BCUT2D eigenvalue weighted by atomic mass is 9.97. The SMILES string of the molecule is CC(C)CC(CNC(=O)NCc1ccccc1F)C(=O)O. The lowest BCUT2D eigenvalue weighted by Crippen LogP contribution is -2.40. The molecule has 1 atom stereocenters. The summed E-state index contributed by atoms with van der Waals surface area (Å²) < 4.78 is 13.4. The maximum Gasteiger partial charge on any atom is 0.315 e. The predicted molar refractivity (Wildman–Crippen MR) is 77.2 cm³/mol. The first-order chi connectivity index (χ1) is 9.90. The molecule has 1 aromatic carbocycles. The number of aliphatic carboxylic acids is 1. The Bertz CT molecular complexity index is 492. The Kier molecular flexibility index (Phi) is 6.65. The summed E-state index contributed by atoms with van der Waals surface area (Å²) >= 11 is 0. The van der Waals surface area contributed by atoms with Gasteiger partial charge in [-0.05, 0) is 18.4 Å². The minimum atomic E-state index is -0.932. The van der Waals surface area contributed by atoms with Crippen molar-refractivity contribution < 1.29 is 19.1 Å². The fourth-order valence-electron chi connectivity index (χ4n) is 1.94. The molecule has 0 fully saturated rings. The predicted octanol–water partition coefficient (Wildman–Crippen LogP) is 2.37. The third-order valence-electron chi connectivity index (χ3n) is 3.01. The van der Waals surface area contributed by atoms with Crippen molar-refractivity contribution in [3.05, 3.63) is 35.6 Å². The Morgan fingerprint density at radius 2 is 1.90 bits per heavy atom. The van der Waals surface area contributed by atoms with Crippen LogP contribution in [0.2, 0.25) is 0 Å². The van der Waals surface area contributed by atoms with Gasteiger partial charge in [0.2, 0.25) is 0 Å². The zero-order valence-corrected chi connectivity index (χ0v) is 12.2. The molecule has 2 amide bonds. The number of carboxylic acid groups (broad SMARTS) is 1. The second-order valence-corrected chi connectivity index (χ2v) is 5.32. The molecule has 0 aromatic heterocycles. The van der Waals surface area contributed by atoms with Gasteiger partial charge in [-0.3, -0.25) is 4.79 Å². The van der Waals surface area contributed by atoms with Gasteiger partial charge in [0.25, 0.3) is 0 Å². The van der Waals surface area contributed by atoms with Gasteiger partial charge in [-0.25, -0.2) is 9.18 Å². The normalized spacial score (nSPS) is 12.0. The number of urea groups is 1. The number of carbonyl (C=O) groups excluding carboxylic acids is 1. The number of nitrogens with one attached hydrogen (secondary N) is 2. The summed E-state index contributed by atoms with van der Waals surface area (Å²) in [6.45, 7) is 3.96. The van der Waals surface area contributed by atoms with Crippen LogP contribution in [0.1, 0.15) is 25.8 Å². The highest BCUT2D eigenvalue weighted by Crippen LogP contribution is 2.11. The Labute approximate surface area is 123 Å². The minimum Gasteiger partial charge on any atom is -0.481 e. The monoisotopic (exact) mass is 296 g/mol. The van der Waals surface area contributed by atoms with Gasteiger partial charge in [0, 0.05) is 18.7 Å². The van der Waals surface area contributed by atoms with Crippen LogP contribution in [0.5, 0.6) is 0 Å². The number of carbonyl (C=O) groups is 2. The van der Waals surface area contributed by atoms with Gasteiger partial charge in [0.15, 0.2) is 0 Å². The Morgan fingerprint density at radius 3 is 2.48 bits per heavy atom. The molecule has 0 radical (unpaired) electrons. The third-order valence-corrected chi connectivity index (χ3v) is 3.01. The molecule has 0 aliphatic carbocycles. The number of hydrogen-bond acceptors (Lipinski definition) is 2. The molecular weight excluding hydrogens is 275 g/mol. The van der Waals surface area contributed by atoms with Gasteiger partial charge in [0.1, 0.15) is 5.82 Å². The van der Waals surface area contributed by atoms with Gasteiger partial charge >= 0.3 is 12.0 Å². The van der Waals surface area contributed by atoms with E-state index in [1.165, 1.54) is 6.07 Å². The second-order valence-electron chi connectivity index (χ2n) is 5.32. The first-order valence-corrected chi connectivity index (χ1v) is 6.88. The van der Waals surface area contributed by atoms with Crippen LogP contribution >= 0.6 is 0 Å². The van der Waals surface area contributed by atoms with Crippen LogP contribution in [-0.2, 0) is 11.3 Å². The van der Waals surface area contributed by atoms with E-state index in [4.69, 9.17) is 5.11 Å². The summed E-state index contributed by atoms with van der Waals surface area (Å²) in [5.74, 6) is -1.71. The van der Waals surface area contributed by atoms with E-state index in [0.29, 0.717) is 12.0 Å². The van der Waals surface area contributed by atoms with Gasteiger partial charge < -0.3 is 15.7 Å². The number of benzene rings is 1. The molecule has 0 saturated carbocycles. The van der Waals surface area contributed by atoms with Crippen LogP contribution in [0.4, 0.5) is 9.18 Å². The molecular formula is C15H21FN2O3. The van der Waals surface area contributed by atoms with E-state index < -0.39 is 17.9 Å². The van der Waals surface area contributed by atoms with E-state index in [2.05, 4.69) is 10.6 Å². The van der Waals surface area contributed by atoms with E-state index in [1.54, 1.807) is 18.2 Å². The zero-order valence-electron chi connectivity index (χ0n) is 12.2. The fraction of sp³-hybridized carbons (Fsp3) is 0.467. The summed E-state index contributed by atoms with van der Waals surface area (Å²) in [6, 6.07) is 5.64. The molecule has 0 aliphatic rings. The van der Waals surface area contributed by atoms with E-state index >= 15 is 0 Å². The van der Waals surface area contributed by atoms with Crippen molar-refractivity contribution in [2.45, 2.75) is 26.8 Å². The summed E-state index contributed by atoms with van der Waals surface area (Å²) in [7, 11) is 0. The molecule has 0 spiro atoms.